The molecule has 0 aliphatic heterocycles. The van der Waals surface area contributed by atoms with Gasteiger partial charge >= 0.3 is 0 Å². The molecule has 0 spiro atoms. The Hall–Kier alpha value is -2.99. The molecule has 0 radical (unpaired) electrons. The van der Waals surface area contributed by atoms with Crippen LogP contribution in [0.4, 0.5) is 0 Å². The molecule has 0 saturated heterocycles. The number of aliphatic hydroxyl groups excluding tert-OH is 1. The lowest BCUT2D eigenvalue weighted by molar-refractivity contribution is 0.0231. The maximum atomic E-state index is 12.7. The van der Waals surface area contributed by atoms with Gasteiger partial charge in [0.2, 0.25) is 0 Å². The molecular weight excluding hydrogens is 344 g/mol. The molecule has 1 saturated carbocycles. The Morgan fingerprint density at radius 3 is 2.78 bits per heavy atom. The van der Waals surface area contributed by atoms with Crippen molar-refractivity contribution in [3.63, 3.8) is 0 Å². The van der Waals surface area contributed by atoms with Crippen LogP contribution in [-0.4, -0.2) is 22.1 Å². The van der Waals surface area contributed by atoms with Crippen molar-refractivity contribution in [2.45, 2.75) is 31.9 Å². The first-order chi connectivity index (χ1) is 13.0. The van der Waals surface area contributed by atoms with E-state index in [0.29, 0.717) is 18.6 Å². The van der Waals surface area contributed by atoms with Gasteiger partial charge in [-0.15, -0.1) is 0 Å². The Bertz CT molecular complexity index is 1050. The zero-order chi connectivity index (χ0) is 19.0. The van der Waals surface area contributed by atoms with Crippen LogP contribution in [0.1, 0.15) is 40.8 Å². The van der Waals surface area contributed by atoms with Gasteiger partial charge in [0.15, 0.2) is 11.2 Å². The SMILES string of the molecule is Cc1cc(=O)cc(C(=O)N[C@H](c2cnc3ccccc3c2)C2CC(O)C2)o1. The maximum absolute atomic E-state index is 12.7. The van der Waals surface area contributed by atoms with Gasteiger partial charge in [-0.25, -0.2) is 0 Å². The number of amides is 1. The molecule has 1 amide bonds. The van der Waals surface area contributed by atoms with Gasteiger partial charge in [-0.3, -0.25) is 14.6 Å². The number of carbonyl (C=O) groups excluding carboxylic acids is 1. The van der Waals surface area contributed by atoms with Crippen molar-refractivity contribution in [1.29, 1.82) is 0 Å². The minimum absolute atomic E-state index is 0.0152. The number of rotatable bonds is 4. The van der Waals surface area contributed by atoms with Gasteiger partial charge in [0.25, 0.3) is 5.91 Å². The molecule has 1 fully saturated rings. The second-order valence-corrected chi connectivity index (χ2v) is 7.07. The smallest absolute Gasteiger partial charge is 0.287 e. The van der Waals surface area contributed by atoms with E-state index in [9.17, 15) is 14.7 Å². The molecule has 4 rings (SSSR count). The van der Waals surface area contributed by atoms with E-state index in [1.54, 1.807) is 13.1 Å². The van der Waals surface area contributed by atoms with Crippen LogP contribution in [0.3, 0.4) is 0 Å². The fraction of sp³-hybridized carbons (Fsp3) is 0.286. The van der Waals surface area contributed by atoms with Crippen LogP contribution in [0.25, 0.3) is 10.9 Å². The van der Waals surface area contributed by atoms with Crippen LogP contribution in [0, 0.1) is 12.8 Å². The third-order valence-electron chi connectivity index (χ3n) is 4.99. The van der Waals surface area contributed by atoms with E-state index in [1.807, 2.05) is 30.3 Å². The van der Waals surface area contributed by atoms with Gasteiger partial charge in [-0.1, -0.05) is 18.2 Å². The normalized spacial score (nSPS) is 20.1. The molecule has 138 valence electrons. The fourth-order valence-corrected chi connectivity index (χ4v) is 3.56. The summed E-state index contributed by atoms with van der Waals surface area (Å²) in [7, 11) is 0. The molecule has 2 heterocycles. The summed E-state index contributed by atoms with van der Waals surface area (Å²) in [6.45, 7) is 1.63. The first-order valence-electron chi connectivity index (χ1n) is 8.95. The highest BCUT2D eigenvalue weighted by Crippen LogP contribution is 2.38. The van der Waals surface area contributed by atoms with E-state index < -0.39 is 5.91 Å². The lowest BCUT2D eigenvalue weighted by atomic mass is 9.75. The monoisotopic (exact) mass is 364 g/mol. The van der Waals surface area contributed by atoms with Crippen LogP contribution in [0.2, 0.25) is 0 Å². The van der Waals surface area contributed by atoms with Gasteiger partial charge < -0.3 is 14.8 Å². The number of aryl methyl sites for hydroxylation is 1. The molecule has 3 aromatic rings. The fourth-order valence-electron chi connectivity index (χ4n) is 3.56. The first-order valence-corrected chi connectivity index (χ1v) is 8.95. The molecule has 1 aromatic carbocycles. The summed E-state index contributed by atoms with van der Waals surface area (Å²) < 4.78 is 5.40. The van der Waals surface area contributed by atoms with Crippen molar-refractivity contribution >= 4 is 16.8 Å². The van der Waals surface area contributed by atoms with Crippen LogP contribution in [0.5, 0.6) is 0 Å². The van der Waals surface area contributed by atoms with Gasteiger partial charge in [0.1, 0.15) is 5.76 Å². The van der Waals surface area contributed by atoms with E-state index >= 15 is 0 Å². The number of nitrogens with zero attached hydrogens (tertiary/aromatic N) is 1. The van der Waals surface area contributed by atoms with Crippen LogP contribution in [-0.2, 0) is 0 Å². The van der Waals surface area contributed by atoms with E-state index in [0.717, 1.165) is 16.5 Å². The minimum atomic E-state index is -0.449. The molecule has 6 heteroatoms. The van der Waals surface area contributed by atoms with Gasteiger partial charge in [0.05, 0.1) is 17.7 Å². The van der Waals surface area contributed by atoms with E-state index in [4.69, 9.17) is 4.42 Å². The van der Waals surface area contributed by atoms with Crippen molar-refractivity contribution in [1.82, 2.24) is 10.3 Å². The second kappa shape index (κ2) is 6.96. The molecule has 2 aromatic heterocycles. The van der Waals surface area contributed by atoms with Gasteiger partial charge in [0, 0.05) is 23.7 Å². The lowest BCUT2D eigenvalue weighted by Gasteiger charge is -2.38. The zero-order valence-electron chi connectivity index (χ0n) is 14.9. The van der Waals surface area contributed by atoms with E-state index in [1.165, 1.54) is 12.1 Å². The summed E-state index contributed by atoms with van der Waals surface area (Å²) in [6, 6.07) is 12.0. The number of aliphatic hydroxyl groups is 1. The predicted octanol–water partition coefficient (Wildman–Crippen LogP) is 2.74. The maximum Gasteiger partial charge on any atom is 0.287 e. The molecule has 0 bridgehead atoms. The third-order valence-corrected chi connectivity index (χ3v) is 4.99. The number of carbonyl (C=O) groups is 1. The summed E-state index contributed by atoms with van der Waals surface area (Å²) in [6.07, 6.45) is 2.62. The summed E-state index contributed by atoms with van der Waals surface area (Å²) in [4.78, 5) is 28.9. The summed E-state index contributed by atoms with van der Waals surface area (Å²) in [5, 5.41) is 13.7. The van der Waals surface area contributed by atoms with E-state index in [2.05, 4.69) is 10.3 Å². The number of aromatic nitrogens is 1. The van der Waals surface area contributed by atoms with Crippen LogP contribution >= 0.6 is 0 Å². The van der Waals surface area contributed by atoms with Crippen LogP contribution in [0.15, 0.2) is 57.9 Å². The second-order valence-electron chi connectivity index (χ2n) is 7.07. The summed E-state index contributed by atoms with van der Waals surface area (Å²) >= 11 is 0. The first kappa shape index (κ1) is 17.4. The lowest BCUT2D eigenvalue weighted by Crippen LogP contribution is -2.41. The van der Waals surface area contributed by atoms with Crippen molar-refractivity contribution in [2.75, 3.05) is 0 Å². The van der Waals surface area contributed by atoms with Crippen molar-refractivity contribution in [2.24, 2.45) is 5.92 Å². The Kier molecular flexibility index (Phi) is 4.49. The Morgan fingerprint density at radius 2 is 2.04 bits per heavy atom. The molecule has 1 aliphatic rings. The minimum Gasteiger partial charge on any atom is -0.456 e. The predicted molar refractivity (Wildman–Crippen MR) is 100 cm³/mol. The highest BCUT2D eigenvalue weighted by molar-refractivity contribution is 5.91. The molecule has 0 unspecified atom stereocenters. The standard InChI is InChI=1S/C21H20N2O4/c1-12-6-16(24)10-19(27-12)21(26)23-20(14-8-17(25)9-14)15-7-13-4-2-3-5-18(13)22-11-15/h2-7,10-11,14,17,20,25H,8-9H2,1H3,(H,23,26)/t14?,17?,20-/m0/s1. The van der Waals surface area contributed by atoms with Crippen molar-refractivity contribution < 1.29 is 14.3 Å². The number of nitrogens with one attached hydrogen (secondary N) is 1. The number of benzene rings is 1. The number of hydrogen-bond acceptors (Lipinski definition) is 5. The average molecular weight is 364 g/mol. The Balaban J connectivity index is 1.66. The Morgan fingerprint density at radius 1 is 1.26 bits per heavy atom. The third kappa shape index (κ3) is 3.61. The molecule has 1 atom stereocenters. The number of hydrogen-bond donors (Lipinski definition) is 2. The largest absolute Gasteiger partial charge is 0.456 e. The van der Waals surface area contributed by atoms with Crippen molar-refractivity contribution in [3.8, 4) is 0 Å². The Labute approximate surface area is 155 Å². The van der Waals surface area contributed by atoms with Crippen molar-refractivity contribution in [3.05, 3.63) is 76.0 Å². The summed E-state index contributed by atoms with van der Waals surface area (Å²) in [5.74, 6) is 0.0213. The van der Waals surface area contributed by atoms with Gasteiger partial charge in [-0.05, 0) is 43.4 Å². The molecule has 2 N–H and O–H groups in total. The highest BCUT2D eigenvalue weighted by atomic mass is 16.3. The number of para-hydroxylation sites is 1. The van der Waals surface area contributed by atoms with Gasteiger partial charge in [-0.2, -0.15) is 0 Å². The number of pyridine rings is 1. The zero-order valence-corrected chi connectivity index (χ0v) is 14.9. The summed E-state index contributed by atoms with van der Waals surface area (Å²) in [5.41, 5.74) is 1.48. The molecule has 1 aliphatic carbocycles. The number of fused-ring (bicyclic) bond motifs is 1. The van der Waals surface area contributed by atoms with Crippen LogP contribution < -0.4 is 10.7 Å². The molecular formula is C21H20N2O4. The topological polar surface area (TPSA) is 92.4 Å². The average Bonchev–Trinajstić information content (AvgIpc) is 2.62. The molecule has 6 nitrogen and oxygen atoms in total. The molecule has 27 heavy (non-hydrogen) atoms. The quantitative estimate of drug-likeness (QED) is 0.743. The van der Waals surface area contributed by atoms with E-state index in [-0.39, 0.29) is 29.3 Å². The highest BCUT2D eigenvalue weighted by Gasteiger charge is 2.36.